The highest BCUT2D eigenvalue weighted by atomic mass is 32.2. The number of carbonyl (C=O) groups is 1. The Balaban J connectivity index is 1.60. The fourth-order valence-electron chi connectivity index (χ4n) is 4.54. The van der Waals surface area contributed by atoms with Gasteiger partial charge in [0, 0.05) is 50.4 Å². The molecule has 180 valence electrons. The zero-order valence-electron chi connectivity index (χ0n) is 20.2. The Morgan fingerprint density at radius 1 is 1.09 bits per heavy atom. The molecule has 0 radical (unpaired) electrons. The summed E-state index contributed by atoms with van der Waals surface area (Å²) in [5.74, 6) is 0.421. The van der Waals surface area contributed by atoms with E-state index in [0.29, 0.717) is 30.3 Å². The number of hydrogen-bond acceptors (Lipinski definition) is 4. The first-order chi connectivity index (χ1) is 16.2. The largest absolute Gasteiger partial charge is 0.307 e. The maximum atomic E-state index is 13.4. The molecule has 0 saturated carbocycles. The maximum Gasteiger partial charge on any atom is 0.243 e. The number of amides is 1. The van der Waals surface area contributed by atoms with E-state index in [4.69, 9.17) is 0 Å². The predicted octanol–water partition coefficient (Wildman–Crippen LogP) is 3.92. The molecule has 3 aromatic rings. The van der Waals surface area contributed by atoms with Gasteiger partial charge in [-0.2, -0.15) is 9.40 Å². The number of anilines is 1. The van der Waals surface area contributed by atoms with Gasteiger partial charge in [-0.25, -0.2) is 8.42 Å². The van der Waals surface area contributed by atoms with Crippen molar-refractivity contribution in [2.45, 2.75) is 51.6 Å². The second kappa shape index (κ2) is 9.72. The number of benzene rings is 2. The molecule has 7 nitrogen and oxygen atoms in total. The molecule has 1 amide bonds. The molecule has 4 rings (SSSR count). The number of carbonyl (C=O) groups excluding carboxylic acids is 1. The molecule has 1 aliphatic heterocycles. The number of nitrogens with zero attached hydrogens (tertiary/aromatic N) is 4. The number of aromatic nitrogens is 2. The Labute approximate surface area is 202 Å². The molecule has 0 bridgehead atoms. The van der Waals surface area contributed by atoms with E-state index in [1.807, 2.05) is 54.2 Å². The summed E-state index contributed by atoms with van der Waals surface area (Å²) in [6.45, 7) is 6.76. The zero-order chi connectivity index (χ0) is 24.5. The van der Waals surface area contributed by atoms with Crippen LogP contribution < -0.4 is 4.90 Å². The summed E-state index contributed by atoms with van der Waals surface area (Å²) in [5.41, 5.74) is 4.55. The summed E-state index contributed by atoms with van der Waals surface area (Å²) in [6.07, 6.45) is 1.50. The highest BCUT2D eigenvalue weighted by Crippen LogP contribution is 2.29. The van der Waals surface area contributed by atoms with Crippen molar-refractivity contribution in [2.75, 3.05) is 11.4 Å². The molecule has 0 spiro atoms. The molecule has 1 aromatic heterocycles. The van der Waals surface area contributed by atoms with Gasteiger partial charge in [0.1, 0.15) is 0 Å². The molecule has 0 fully saturated rings. The third-order valence-electron chi connectivity index (χ3n) is 6.25. The summed E-state index contributed by atoms with van der Waals surface area (Å²) < 4.78 is 30.2. The lowest BCUT2D eigenvalue weighted by molar-refractivity contribution is -0.116. The van der Waals surface area contributed by atoms with Gasteiger partial charge in [-0.1, -0.05) is 44.2 Å². The maximum absolute atomic E-state index is 13.4. The van der Waals surface area contributed by atoms with Crippen molar-refractivity contribution in [1.29, 1.82) is 0 Å². The van der Waals surface area contributed by atoms with Crippen molar-refractivity contribution in [2.24, 2.45) is 13.0 Å². The predicted molar refractivity (Wildman–Crippen MR) is 133 cm³/mol. The highest BCUT2D eigenvalue weighted by molar-refractivity contribution is 7.89. The van der Waals surface area contributed by atoms with Crippen LogP contribution in [0.2, 0.25) is 0 Å². The first-order valence-corrected chi connectivity index (χ1v) is 13.1. The van der Waals surface area contributed by atoms with Crippen molar-refractivity contribution < 1.29 is 13.2 Å². The quantitative estimate of drug-likeness (QED) is 0.514. The van der Waals surface area contributed by atoms with Gasteiger partial charge < -0.3 is 4.90 Å². The van der Waals surface area contributed by atoms with Gasteiger partial charge in [0.05, 0.1) is 17.1 Å². The molecule has 1 aliphatic rings. The molecule has 34 heavy (non-hydrogen) atoms. The number of fused-ring (bicyclic) bond motifs is 1. The highest BCUT2D eigenvalue weighted by Gasteiger charge is 2.32. The van der Waals surface area contributed by atoms with Crippen LogP contribution in [-0.2, 0) is 47.8 Å². The van der Waals surface area contributed by atoms with Crippen LogP contribution in [0.3, 0.4) is 0 Å². The van der Waals surface area contributed by atoms with Gasteiger partial charge in [0.2, 0.25) is 15.9 Å². The summed E-state index contributed by atoms with van der Waals surface area (Å²) in [6, 6.07) is 16.7. The zero-order valence-corrected chi connectivity index (χ0v) is 21.0. The van der Waals surface area contributed by atoms with Crippen molar-refractivity contribution in [1.82, 2.24) is 14.1 Å². The van der Waals surface area contributed by atoms with Gasteiger partial charge in [-0.15, -0.1) is 0 Å². The SMILES string of the molecule is CC(=O)N(Cc1nn(C)c2c1CN(S(=O)(=O)c1ccc(CC(C)C)cc1)CC2)c1ccccc1. The third-order valence-corrected chi connectivity index (χ3v) is 8.11. The van der Waals surface area contributed by atoms with E-state index < -0.39 is 10.0 Å². The molecule has 0 atom stereocenters. The topological polar surface area (TPSA) is 75.5 Å². The van der Waals surface area contributed by atoms with Crippen LogP contribution in [0.1, 0.15) is 43.3 Å². The Bertz CT molecular complexity index is 1270. The second-order valence-electron chi connectivity index (χ2n) is 9.27. The first-order valence-electron chi connectivity index (χ1n) is 11.6. The van der Waals surface area contributed by atoms with E-state index in [1.54, 1.807) is 17.0 Å². The van der Waals surface area contributed by atoms with E-state index >= 15 is 0 Å². The van der Waals surface area contributed by atoms with Crippen LogP contribution in [0.15, 0.2) is 59.5 Å². The minimum Gasteiger partial charge on any atom is -0.307 e. The molecule has 2 aromatic carbocycles. The number of aryl methyl sites for hydroxylation is 1. The Hall–Kier alpha value is -2.97. The lowest BCUT2D eigenvalue weighted by Gasteiger charge is -2.28. The summed E-state index contributed by atoms with van der Waals surface area (Å²) in [4.78, 5) is 14.4. The summed E-state index contributed by atoms with van der Waals surface area (Å²) >= 11 is 0. The molecule has 2 heterocycles. The van der Waals surface area contributed by atoms with E-state index in [2.05, 4.69) is 18.9 Å². The smallest absolute Gasteiger partial charge is 0.243 e. The number of para-hydroxylation sites is 1. The molecule has 0 unspecified atom stereocenters. The average molecular weight is 481 g/mol. The Morgan fingerprint density at radius 2 is 1.76 bits per heavy atom. The van der Waals surface area contributed by atoms with Crippen LogP contribution in [-0.4, -0.2) is 35.0 Å². The van der Waals surface area contributed by atoms with E-state index in [-0.39, 0.29) is 12.5 Å². The Kier molecular flexibility index (Phi) is 6.91. The van der Waals surface area contributed by atoms with Gasteiger partial charge in [0.25, 0.3) is 0 Å². The lowest BCUT2D eigenvalue weighted by Crippen LogP contribution is -2.37. The van der Waals surface area contributed by atoms with Crippen LogP contribution in [0.5, 0.6) is 0 Å². The minimum absolute atomic E-state index is 0.0904. The van der Waals surface area contributed by atoms with Gasteiger partial charge in [-0.05, 0) is 42.2 Å². The summed E-state index contributed by atoms with van der Waals surface area (Å²) in [5, 5.41) is 4.67. The van der Waals surface area contributed by atoms with Gasteiger partial charge >= 0.3 is 0 Å². The standard InChI is InChI=1S/C26H32N4O3S/c1-19(2)16-21-10-12-23(13-11-21)34(32,33)29-15-14-26-24(17-29)25(27-28(26)4)18-30(20(3)31)22-8-6-5-7-9-22/h5-13,19H,14-18H2,1-4H3. The van der Waals surface area contributed by atoms with Gasteiger partial charge in [-0.3, -0.25) is 9.48 Å². The van der Waals surface area contributed by atoms with Crippen LogP contribution in [0, 0.1) is 5.92 Å². The normalized spacial score (nSPS) is 14.3. The van der Waals surface area contributed by atoms with E-state index in [9.17, 15) is 13.2 Å². The second-order valence-corrected chi connectivity index (χ2v) is 11.2. The third kappa shape index (κ3) is 4.93. The van der Waals surface area contributed by atoms with Crippen LogP contribution in [0.4, 0.5) is 5.69 Å². The van der Waals surface area contributed by atoms with Gasteiger partial charge in [0.15, 0.2) is 0 Å². The molecule has 0 N–H and O–H groups in total. The number of sulfonamides is 1. The van der Waals surface area contributed by atoms with Crippen LogP contribution >= 0.6 is 0 Å². The van der Waals surface area contributed by atoms with Crippen molar-refractivity contribution >= 4 is 21.6 Å². The molecule has 0 aliphatic carbocycles. The Morgan fingerprint density at radius 3 is 2.38 bits per heavy atom. The minimum atomic E-state index is -3.64. The molecule has 0 saturated heterocycles. The number of rotatable bonds is 7. The van der Waals surface area contributed by atoms with Crippen LogP contribution in [0.25, 0.3) is 0 Å². The van der Waals surface area contributed by atoms with E-state index in [0.717, 1.165) is 34.6 Å². The fourth-order valence-corrected chi connectivity index (χ4v) is 5.95. The fraction of sp³-hybridized carbons (Fsp3) is 0.385. The lowest BCUT2D eigenvalue weighted by atomic mass is 10.0. The molecule has 8 heteroatoms. The summed E-state index contributed by atoms with van der Waals surface area (Å²) in [7, 11) is -1.76. The first kappa shape index (κ1) is 24.2. The van der Waals surface area contributed by atoms with Crippen molar-refractivity contribution in [3.05, 3.63) is 77.1 Å². The average Bonchev–Trinajstić information content (AvgIpc) is 3.12. The van der Waals surface area contributed by atoms with Crippen molar-refractivity contribution in [3.8, 4) is 0 Å². The monoisotopic (exact) mass is 480 g/mol. The number of hydrogen-bond donors (Lipinski definition) is 0. The van der Waals surface area contributed by atoms with E-state index in [1.165, 1.54) is 11.2 Å². The molecular formula is C26H32N4O3S. The van der Waals surface area contributed by atoms with Crippen molar-refractivity contribution in [3.63, 3.8) is 0 Å². The molecular weight excluding hydrogens is 448 g/mol.